The lowest BCUT2D eigenvalue weighted by Gasteiger charge is -2.15. The number of amides is 1. The van der Waals surface area contributed by atoms with Crippen molar-refractivity contribution < 1.29 is 19.4 Å². The predicted molar refractivity (Wildman–Crippen MR) is 76.4 cm³/mol. The SMILES string of the molecule is CCOC(=O)CN(C)C(=O)c1cncc(C#CCCO)c1. The molecule has 0 unspecified atom stereocenters. The van der Waals surface area contributed by atoms with Crippen molar-refractivity contribution in [3.05, 3.63) is 29.6 Å². The Morgan fingerprint density at radius 2 is 2.19 bits per heavy atom. The van der Waals surface area contributed by atoms with Crippen molar-refractivity contribution in [1.82, 2.24) is 9.88 Å². The van der Waals surface area contributed by atoms with Crippen LogP contribution in [0.1, 0.15) is 29.3 Å². The van der Waals surface area contributed by atoms with E-state index in [-0.39, 0.29) is 25.7 Å². The molecule has 0 bridgehead atoms. The second-order valence-electron chi connectivity index (χ2n) is 4.20. The molecule has 1 aromatic heterocycles. The second-order valence-corrected chi connectivity index (χ2v) is 4.20. The molecular formula is C15H18N2O4. The summed E-state index contributed by atoms with van der Waals surface area (Å²) in [6, 6.07) is 1.60. The average Bonchev–Trinajstić information content (AvgIpc) is 2.47. The molecule has 1 aromatic rings. The van der Waals surface area contributed by atoms with E-state index in [1.165, 1.54) is 24.3 Å². The summed E-state index contributed by atoms with van der Waals surface area (Å²) in [4.78, 5) is 28.7. The van der Waals surface area contributed by atoms with E-state index in [1.54, 1.807) is 13.0 Å². The summed E-state index contributed by atoms with van der Waals surface area (Å²) in [5.74, 6) is 4.77. The van der Waals surface area contributed by atoms with Crippen LogP contribution in [0.25, 0.3) is 0 Å². The van der Waals surface area contributed by atoms with Crippen LogP contribution in [-0.2, 0) is 9.53 Å². The van der Waals surface area contributed by atoms with E-state index in [2.05, 4.69) is 16.8 Å². The Hall–Kier alpha value is -2.39. The molecule has 1 rings (SSSR count). The van der Waals surface area contributed by atoms with Crippen LogP contribution >= 0.6 is 0 Å². The minimum Gasteiger partial charge on any atom is -0.465 e. The largest absolute Gasteiger partial charge is 0.465 e. The standard InChI is InChI=1S/C15H18N2O4/c1-3-21-14(19)11-17(2)15(20)13-8-12(9-16-10-13)6-4-5-7-18/h8-10,18H,3,5,7,11H2,1-2H3. The average molecular weight is 290 g/mol. The molecule has 0 radical (unpaired) electrons. The van der Waals surface area contributed by atoms with E-state index in [9.17, 15) is 9.59 Å². The van der Waals surface area contributed by atoms with Crippen molar-refractivity contribution in [3.8, 4) is 11.8 Å². The molecule has 0 fully saturated rings. The van der Waals surface area contributed by atoms with Gasteiger partial charge in [-0.2, -0.15) is 0 Å². The van der Waals surface area contributed by atoms with E-state index in [1.807, 2.05) is 0 Å². The molecule has 112 valence electrons. The molecule has 0 aliphatic rings. The van der Waals surface area contributed by atoms with Crippen LogP contribution in [0.3, 0.4) is 0 Å². The van der Waals surface area contributed by atoms with Crippen molar-refractivity contribution in [2.45, 2.75) is 13.3 Å². The first kappa shape index (κ1) is 16.7. The minimum atomic E-state index is -0.458. The molecule has 0 aromatic carbocycles. The predicted octanol–water partition coefficient (Wildman–Crippen LogP) is 0.451. The molecular weight excluding hydrogens is 272 g/mol. The number of aromatic nitrogens is 1. The molecule has 0 saturated heterocycles. The molecule has 21 heavy (non-hydrogen) atoms. The third-order valence-electron chi connectivity index (χ3n) is 2.47. The van der Waals surface area contributed by atoms with Gasteiger partial charge in [0, 0.05) is 31.4 Å². The van der Waals surface area contributed by atoms with Gasteiger partial charge in [-0.1, -0.05) is 11.8 Å². The number of aliphatic hydroxyl groups is 1. The highest BCUT2D eigenvalue weighted by atomic mass is 16.5. The number of ether oxygens (including phenoxy) is 1. The molecule has 6 heteroatoms. The van der Waals surface area contributed by atoms with E-state index in [4.69, 9.17) is 9.84 Å². The second kappa shape index (κ2) is 8.72. The van der Waals surface area contributed by atoms with Gasteiger partial charge >= 0.3 is 5.97 Å². The van der Waals surface area contributed by atoms with Crippen molar-refractivity contribution in [2.75, 3.05) is 26.8 Å². The lowest BCUT2D eigenvalue weighted by Crippen LogP contribution is -2.33. The van der Waals surface area contributed by atoms with Crippen molar-refractivity contribution in [1.29, 1.82) is 0 Å². The number of hydrogen-bond acceptors (Lipinski definition) is 5. The summed E-state index contributed by atoms with van der Waals surface area (Å²) < 4.78 is 4.79. The fourth-order valence-corrected chi connectivity index (χ4v) is 1.54. The molecule has 6 nitrogen and oxygen atoms in total. The number of carbonyl (C=O) groups is 2. The fraction of sp³-hybridized carbons (Fsp3) is 0.400. The van der Waals surface area contributed by atoms with Gasteiger partial charge in [-0.05, 0) is 13.0 Å². The molecule has 0 aliphatic carbocycles. The van der Waals surface area contributed by atoms with Crippen LogP contribution in [0.5, 0.6) is 0 Å². The third-order valence-corrected chi connectivity index (χ3v) is 2.47. The number of aliphatic hydroxyl groups excluding tert-OH is 1. The maximum absolute atomic E-state index is 12.2. The summed E-state index contributed by atoms with van der Waals surface area (Å²) in [5, 5.41) is 8.66. The summed E-state index contributed by atoms with van der Waals surface area (Å²) in [6.07, 6.45) is 3.31. The summed E-state index contributed by atoms with van der Waals surface area (Å²) in [7, 11) is 1.52. The van der Waals surface area contributed by atoms with Gasteiger partial charge < -0.3 is 14.7 Å². The lowest BCUT2D eigenvalue weighted by atomic mass is 10.2. The molecule has 0 saturated carbocycles. The minimum absolute atomic E-state index is 0.0126. The molecule has 1 N–H and O–H groups in total. The number of rotatable bonds is 5. The van der Waals surface area contributed by atoms with Crippen molar-refractivity contribution >= 4 is 11.9 Å². The first-order valence-corrected chi connectivity index (χ1v) is 6.54. The maximum Gasteiger partial charge on any atom is 0.325 e. The first-order valence-electron chi connectivity index (χ1n) is 6.54. The van der Waals surface area contributed by atoms with E-state index in [0.29, 0.717) is 17.5 Å². The highest BCUT2D eigenvalue weighted by Gasteiger charge is 2.16. The van der Waals surface area contributed by atoms with Crippen molar-refractivity contribution in [2.24, 2.45) is 0 Å². The molecule has 1 amide bonds. The number of pyridine rings is 1. The Labute approximate surface area is 123 Å². The van der Waals surface area contributed by atoms with Gasteiger partial charge in [0.25, 0.3) is 5.91 Å². The van der Waals surface area contributed by atoms with Gasteiger partial charge in [-0.3, -0.25) is 14.6 Å². The number of likely N-dealkylation sites (N-methyl/N-ethyl adjacent to an activating group) is 1. The van der Waals surface area contributed by atoms with Gasteiger partial charge in [0.2, 0.25) is 0 Å². The highest BCUT2D eigenvalue weighted by Crippen LogP contribution is 2.05. The van der Waals surface area contributed by atoms with Gasteiger partial charge in [0.1, 0.15) is 6.54 Å². The third kappa shape index (κ3) is 5.63. The van der Waals surface area contributed by atoms with Gasteiger partial charge in [-0.15, -0.1) is 0 Å². The van der Waals surface area contributed by atoms with Crippen LogP contribution in [0.2, 0.25) is 0 Å². The molecule has 0 aliphatic heterocycles. The monoisotopic (exact) mass is 290 g/mol. The zero-order chi connectivity index (χ0) is 15.7. The number of esters is 1. The maximum atomic E-state index is 12.2. The Bertz CT molecular complexity index is 560. The molecule has 0 spiro atoms. The van der Waals surface area contributed by atoms with Crippen LogP contribution in [-0.4, -0.2) is 53.7 Å². The number of carbonyl (C=O) groups excluding carboxylic acids is 2. The van der Waals surface area contributed by atoms with Crippen LogP contribution in [0.15, 0.2) is 18.5 Å². The number of nitrogens with zero attached hydrogens (tertiary/aromatic N) is 2. The Morgan fingerprint density at radius 3 is 2.86 bits per heavy atom. The van der Waals surface area contributed by atoms with E-state index >= 15 is 0 Å². The molecule has 0 atom stereocenters. The topological polar surface area (TPSA) is 79.7 Å². The normalized spacial score (nSPS) is 9.48. The Morgan fingerprint density at radius 1 is 1.43 bits per heavy atom. The van der Waals surface area contributed by atoms with Gasteiger partial charge in [0.05, 0.1) is 18.8 Å². The van der Waals surface area contributed by atoms with Crippen LogP contribution in [0, 0.1) is 11.8 Å². The quantitative estimate of drug-likeness (QED) is 0.629. The zero-order valence-corrected chi connectivity index (χ0v) is 12.1. The summed E-state index contributed by atoms with van der Waals surface area (Å²) >= 11 is 0. The zero-order valence-electron chi connectivity index (χ0n) is 12.1. The van der Waals surface area contributed by atoms with Crippen LogP contribution in [0.4, 0.5) is 0 Å². The number of hydrogen-bond donors (Lipinski definition) is 1. The highest BCUT2D eigenvalue weighted by molar-refractivity contribution is 5.95. The molecule has 1 heterocycles. The van der Waals surface area contributed by atoms with E-state index in [0.717, 1.165) is 0 Å². The fourth-order valence-electron chi connectivity index (χ4n) is 1.54. The lowest BCUT2D eigenvalue weighted by molar-refractivity contribution is -0.143. The van der Waals surface area contributed by atoms with Crippen LogP contribution < -0.4 is 0 Å². The Balaban J connectivity index is 2.76. The van der Waals surface area contributed by atoms with Crippen molar-refractivity contribution in [3.63, 3.8) is 0 Å². The smallest absolute Gasteiger partial charge is 0.325 e. The van der Waals surface area contributed by atoms with Gasteiger partial charge in [-0.25, -0.2) is 0 Å². The van der Waals surface area contributed by atoms with E-state index < -0.39 is 5.97 Å². The summed E-state index contributed by atoms with van der Waals surface area (Å²) in [6.45, 7) is 1.85. The first-order chi connectivity index (χ1) is 10.1. The Kier molecular flexibility index (Phi) is 6.92. The van der Waals surface area contributed by atoms with Gasteiger partial charge in [0.15, 0.2) is 0 Å². The summed E-state index contributed by atoms with van der Waals surface area (Å²) in [5.41, 5.74) is 0.927.